The molecular formula is C36H52ClN5O3S. The molecule has 2 N–H and O–H groups in total. The minimum Gasteiger partial charge on any atom is -0.492 e. The highest BCUT2D eigenvalue weighted by atomic mass is 35.5. The number of anilines is 1. The van der Waals surface area contributed by atoms with Gasteiger partial charge < -0.3 is 4.74 Å². The van der Waals surface area contributed by atoms with Crippen molar-refractivity contribution in [1.29, 1.82) is 0 Å². The van der Waals surface area contributed by atoms with Crippen LogP contribution in [0.25, 0.3) is 17.0 Å². The molecule has 252 valence electrons. The molecule has 46 heavy (non-hydrogen) atoms. The van der Waals surface area contributed by atoms with Crippen LogP contribution in [0.1, 0.15) is 119 Å². The number of halogens is 1. The van der Waals surface area contributed by atoms with Gasteiger partial charge in [0.15, 0.2) is 11.5 Å². The van der Waals surface area contributed by atoms with Crippen LogP contribution in [0.2, 0.25) is 5.02 Å². The Labute approximate surface area is 280 Å². The molecule has 0 atom stereocenters. The molecular weight excluding hydrogens is 618 g/mol. The maximum Gasteiger partial charge on any atom is 0.265 e. The van der Waals surface area contributed by atoms with Crippen LogP contribution in [-0.4, -0.2) is 34.8 Å². The smallest absolute Gasteiger partial charge is 0.265 e. The molecule has 2 aromatic carbocycles. The molecule has 0 bridgehead atoms. The summed E-state index contributed by atoms with van der Waals surface area (Å²) in [7, 11) is -4.01. The van der Waals surface area contributed by atoms with Gasteiger partial charge in [-0.05, 0) is 53.5 Å². The highest BCUT2D eigenvalue weighted by molar-refractivity contribution is 7.92. The van der Waals surface area contributed by atoms with Crippen LogP contribution in [0.15, 0.2) is 47.4 Å². The molecule has 0 fully saturated rings. The summed E-state index contributed by atoms with van der Waals surface area (Å²) in [6.45, 7) is 19.8. The fourth-order valence-electron chi connectivity index (χ4n) is 6.10. The Morgan fingerprint density at radius 3 is 2.28 bits per heavy atom. The van der Waals surface area contributed by atoms with Gasteiger partial charge in [-0.3, -0.25) is 9.82 Å². The summed E-state index contributed by atoms with van der Waals surface area (Å²) < 4.78 is 38.6. The largest absolute Gasteiger partial charge is 0.492 e. The van der Waals surface area contributed by atoms with E-state index < -0.39 is 10.0 Å². The lowest BCUT2D eigenvalue weighted by atomic mass is 9.72. The molecule has 0 saturated heterocycles. The molecule has 4 rings (SSSR count). The van der Waals surface area contributed by atoms with E-state index in [-0.39, 0.29) is 21.1 Å². The summed E-state index contributed by atoms with van der Waals surface area (Å²) in [6, 6.07) is 12.7. The summed E-state index contributed by atoms with van der Waals surface area (Å²) in [6.07, 6.45) is 7.64. The van der Waals surface area contributed by atoms with Crippen LogP contribution in [-0.2, 0) is 20.9 Å². The minimum atomic E-state index is -4.01. The van der Waals surface area contributed by atoms with Crippen molar-refractivity contribution in [2.24, 2.45) is 5.41 Å². The fraction of sp³-hybridized carbons (Fsp3) is 0.556. The molecule has 0 saturated carbocycles. The molecule has 2 aromatic heterocycles. The molecule has 0 aliphatic rings. The molecule has 8 nitrogen and oxygen atoms in total. The maximum absolute atomic E-state index is 14.1. The number of fused-ring (bicyclic) bond motifs is 1. The van der Waals surface area contributed by atoms with Crippen LogP contribution in [0.5, 0.6) is 5.75 Å². The summed E-state index contributed by atoms with van der Waals surface area (Å²) in [5, 5.41) is 8.33. The third-order valence-corrected chi connectivity index (χ3v) is 9.87. The first-order valence-corrected chi connectivity index (χ1v) is 18.3. The van der Waals surface area contributed by atoms with Crippen LogP contribution in [0.4, 0.5) is 5.69 Å². The first-order valence-electron chi connectivity index (χ1n) is 16.5. The van der Waals surface area contributed by atoms with Gasteiger partial charge in [-0.25, -0.2) is 13.4 Å². The van der Waals surface area contributed by atoms with Crippen molar-refractivity contribution in [1.82, 2.24) is 19.8 Å². The van der Waals surface area contributed by atoms with E-state index in [0.717, 1.165) is 36.9 Å². The van der Waals surface area contributed by atoms with Gasteiger partial charge in [0.25, 0.3) is 10.0 Å². The quantitative estimate of drug-likeness (QED) is 0.130. The average molecular weight is 670 g/mol. The van der Waals surface area contributed by atoms with Gasteiger partial charge in [0.05, 0.1) is 12.3 Å². The van der Waals surface area contributed by atoms with E-state index >= 15 is 0 Å². The zero-order chi connectivity index (χ0) is 33.9. The predicted octanol–water partition coefficient (Wildman–Crippen LogP) is 9.93. The number of rotatable bonds is 14. The Balaban J connectivity index is 1.62. The summed E-state index contributed by atoms with van der Waals surface area (Å²) >= 11 is 6.64. The zero-order valence-corrected chi connectivity index (χ0v) is 30.6. The Kier molecular flexibility index (Phi) is 10.9. The third kappa shape index (κ3) is 8.85. The monoisotopic (exact) mass is 669 g/mol. The molecule has 4 aromatic rings. The molecule has 2 heterocycles. The second kappa shape index (κ2) is 14.0. The van der Waals surface area contributed by atoms with Gasteiger partial charge in [-0.15, -0.1) is 5.10 Å². The van der Waals surface area contributed by atoms with Crippen molar-refractivity contribution in [2.75, 3.05) is 11.3 Å². The second-order valence-electron chi connectivity index (χ2n) is 15.3. The van der Waals surface area contributed by atoms with Crippen molar-refractivity contribution in [2.45, 2.75) is 123 Å². The van der Waals surface area contributed by atoms with Crippen LogP contribution in [0.3, 0.4) is 0 Å². The van der Waals surface area contributed by atoms with Crippen molar-refractivity contribution < 1.29 is 13.2 Å². The third-order valence-electron chi connectivity index (χ3n) is 8.11. The highest BCUT2D eigenvalue weighted by Gasteiger charge is 2.30. The van der Waals surface area contributed by atoms with Gasteiger partial charge >= 0.3 is 0 Å². The Bertz CT molecular complexity index is 1740. The molecule has 0 radical (unpaired) electrons. The highest BCUT2D eigenvalue weighted by Crippen LogP contribution is 2.39. The Morgan fingerprint density at radius 1 is 0.935 bits per heavy atom. The number of nitrogens with one attached hydrogen (secondary N) is 2. The van der Waals surface area contributed by atoms with Gasteiger partial charge in [-0.2, -0.15) is 4.63 Å². The Hall–Kier alpha value is -3.04. The number of sulfonamides is 1. The SMILES string of the molecule is CCCCCCCCOc1ccc(C(C)(C)CC(C)(C)C)cc1S(=O)(=O)Nc1cccc(-c2nc3c(Cl)c(C(C)(C)C)[nH]n3n2)c1. The first-order chi connectivity index (χ1) is 21.4. The van der Waals surface area contributed by atoms with E-state index in [9.17, 15) is 8.42 Å². The molecule has 10 heteroatoms. The van der Waals surface area contributed by atoms with Gasteiger partial charge in [0.2, 0.25) is 0 Å². The number of nitrogens with zero attached hydrogens (tertiary/aromatic N) is 3. The number of H-pyrrole nitrogens is 1. The lowest BCUT2D eigenvalue weighted by Crippen LogP contribution is -2.25. The summed E-state index contributed by atoms with van der Waals surface area (Å²) in [5.74, 6) is 0.797. The number of hydrogen-bond donors (Lipinski definition) is 2. The van der Waals surface area contributed by atoms with Crippen LogP contribution < -0.4 is 9.46 Å². The number of unbranched alkanes of at least 4 members (excludes halogenated alkanes) is 5. The fourth-order valence-corrected chi connectivity index (χ4v) is 7.77. The lowest BCUT2D eigenvalue weighted by Gasteiger charge is -2.33. The summed E-state index contributed by atoms with van der Waals surface area (Å²) in [4.78, 5) is 4.79. The van der Waals surface area contributed by atoms with Crippen LogP contribution in [0, 0.1) is 5.41 Å². The van der Waals surface area contributed by atoms with E-state index in [1.807, 2.05) is 18.2 Å². The van der Waals surface area contributed by atoms with Crippen molar-refractivity contribution in [3.8, 4) is 17.1 Å². The van der Waals surface area contributed by atoms with E-state index in [4.69, 9.17) is 16.3 Å². The number of hydrogen-bond acceptors (Lipinski definition) is 5. The number of aromatic amines is 1. The zero-order valence-electron chi connectivity index (χ0n) is 29.1. The molecule has 0 spiro atoms. The van der Waals surface area contributed by atoms with Crippen molar-refractivity contribution in [3.63, 3.8) is 0 Å². The average Bonchev–Trinajstić information content (AvgIpc) is 3.50. The minimum absolute atomic E-state index is 0.0688. The van der Waals surface area contributed by atoms with Crippen LogP contribution >= 0.6 is 11.6 Å². The maximum atomic E-state index is 14.1. The summed E-state index contributed by atoms with van der Waals surface area (Å²) in [5.41, 5.74) is 3.00. The van der Waals surface area contributed by atoms with Gasteiger partial charge in [-0.1, -0.05) is 124 Å². The number of ether oxygens (including phenoxy) is 1. The van der Waals surface area contributed by atoms with E-state index in [0.29, 0.717) is 40.1 Å². The van der Waals surface area contributed by atoms with Crippen molar-refractivity contribution in [3.05, 3.63) is 58.7 Å². The standard InChI is InChI=1S/C36H52ClN5O3S/c1-10-11-12-13-14-15-21-45-28-20-19-26(36(8,9)24-34(2,3)4)23-29(28)46(43,44)41-27-18-16-17-25(22-27)32-38-33-30(37)31(35(5,6)7)39-42(33)40-32/h16-20,22-23,39,41H,10-15,21,24H2,1-9H3. The van der Waals surface area contributed by atoms with Gasteiger partial charge in [0, 0.05) is 16.7 Å². The molecule has 0 unspecified atom stereocenters. The van der Waals surface area contributed by atoms with E-state index in [1.54, 1.807) is 28.9 Å². The molecule has 0 aliphatic carbocycles. The van der Waals surface area contributed by atoms with Gasteiger partial charge in [0.1, 0.15) is 15.7 Å². The van der Waals surface area contributed by atoms with E-state index in [1.165, 1.54) is 19.3 Å². The number of benzene rings is 2. The topological polar surface area (TPSA) is 101 Å². The van der Waals surface area contributed by atoms with Crippen molar-refractivity contribution >= 4 is 33.0 Å². The van der Waals surface area contributed by atoms with E-state index in [2.05, 4.69) is 82.2 Å². The molecule has 0 amide bonds. The Morgan fingerprint density at radius 2 is 1.63 bits per heavy atom. The molecule has 0 aliphatic heterocycles. The normalized spacial score (nSPS) is 13.0. The predicted molar refractivity (Wildman–Crippen MR) is 190 cm³/mol. The second-order valence-corrected chi connectivity index (χ2v) is 17.3. The first kappa shape index (κ1) is 35.8. The number of aromatic nitrogens is 4. The lowest BCUT2D eigenvalue weighted by molar-refractivity contribution is 0.281.